The van der Waals surface area contributed by atoms with E-state index in [4.69, 9.17) is 14.7 Å². The highest BCUT2D eigenvalue weighted by molar-refractivity contribution is 7.89. The summed E-state index contributed by atoms with van der Waals surface area (Å²) in [6.45, 7) is 4.19. The van der Waals surface area contributed by atoms with Gasteiger partial charge in [-0.25, -0.2) is 13.6 Å². The van der Waals surface area contributed by atoms with Gasteiger partial charge in [0.2, 0.25) is 15.9 Å². The van der Waals surface area contributed by atoms with E-state index in [1.165, 1.54) is 12.1 Å². The number of benzene rings is 2. The molecule has 0 bridgehead atoms. The van der Waals surface area contributed by atoms with E-state index in [9.17, 15) is 13.2 Å². The fraction of sp³-hybridized carbons (Fsp3) is 0.333. The Hall–Kier alpha value is -2.71. The fourth-order valence-electron chi connectivity index (χ4n) is 3.22. The van der Waals surface area contributed by atoms with Crippen LogP contribution in [0.25, 0.3) is 11.1 Å². The van der Waals surface area contributed by atoms with Crippen molar-refractivity contribution in [1.29, 1.82) is 0 Å². The lowest BCUT2D eigenvalue weighted by Crippen LogP contribution is -2.23. The third-order valence-corrected chi connectivity index (χ3v) is 5.95. The lowest BCUT2D eigenvalue weighted by Gasteiger charge is -2.15. The predicted octanol–water partition coefficient (Wildman–Crippen LogP) is 3.41. The number of sulfonamides is 1. The molecule has 1 unspecified atom stereocenters. The van der Waals surface area contributed by atoms with Crippen molar-refractivity contribution in [2.24, 2.45) is 16.2 Å². The van der Waals surface area contributed by atoms with Crippen LogP contribution in [0.3, 0.4) is 0 Å². The van der Waals surface area contributed by atoms with Gasteiger partial charge in [-0.3, -0.25) is 4.79 Å². The first-order valence-electron chi connectivity index (χ1n) is 9.48. The Morgan fingerprint density at radius 1 is 1.17 bits per heavy atom. The van der Waals surface area contributed by atoms with Gasteiger partial charge in [0.25, 0.3) is 0 Å². The number of hydrogen-bond acceptors (Lipinski definition) is 6. The third-order valence-electron chi connectivity index (χ3n) is 5.02. The second-order valence-corrected chi connectivity index (χ2v) is 8.47. The van der Waals surface area contributed by atoms with E-state index in [0.29, 0.717) is 19.4 Å². The van der Waals surface area contributed by atoms with Crippen LogP contribution in [0.4, 0.5) is 0 Å². The molecule has 1 aliphatic heterocycles. The summed E-state index contributed by atoms with van der Waals surface area (Å²) in [5, 5.41) is 9.07. The molecule has 2 N–H and O–H groups in total. The molecule has 3 rings (SSSR count). The quantitative estimate of drug-likeness (QED) is 0.726. The largest absolute Gasteiger partial charge is 0.407 e. The van der Waals surface area contributed by atoms with Crippen LogP contribution in [0.15, 0.2) is 58.6 Å². The van der Waals surface area contributed by atoms with Crippen LogP contribution in [0.1, 0.15) is 38.2 Å². The van der Waals surface area contributed by atoms with Crippen molar-refractivity contribution >= 4 is 21.9 Å². The zero-order valence-corrected chi connectivity index (χ0v) is 17.2. The van der Waals surface area contributed by atoms with E-state index in [-0.39, 0.29) is 28.6 Å². The molecule has 0 spiro atoms. The molecule has 0 saturated carbocycles. The van der Waals surface area contributed by atoms with Gasteiger partial charge in [0.05, 0.1) is 10.8 Å². The van der Waals surface area contributed by atoms with Crippen LogP contribution in [-0.2, 0) is 24.4 Å². The summed E-state index contributed by atoms with van der Waals surface area (Å²) >= 11 is 0. The molecule has 1 aliphatic rings. The first-order valence-corrected chi connectivity index (χ1v) is 11.0. The summed E-state index contributed by atoms with van der Waals surface area (Å²) in [5.74, 6) is -0.470. The number of esters is 1. The van der Waals surface area contributed by atoms with Crippen molar-refractivity contribution in [3.8, 4) is 11.1 Å². The van der Waals surface area contributed by atoms with Gasteiger partial charge in [0, 0.05) is 0 Å². The number of ether oxygens (including phenoxy) is 1. The minimum Gasteiger partial charge on any atom is -0.407 e. The Morgan fingerprint density at radius 2 is 1.86 bits per heavy atom. The molecular weight excluding hydrogens is 392 g/mol. The maximum atomic E-state index is 12.3. The Morgan fingerprint density at radius 3 is 2.48 bits per heavy atom. The second-order valence-electron chi connectivity index (χ2n) is 6.91. The van der Waals surface area contributed by atoms with E-state index in [1.807, 2.05) is 38.1 Å². The Labute approximate surface area is 170 Å². The van der Waals surface area contributed by atoms with Crippen LogP contribution < -0.4 is 5.14 Å². The van der Waals surface area contributed by atoms with Gasteiger partial charge in [-0.1, -0.05) is 55.4 Å². The zero-order valence-electron chi connectivity index (χ0n) is 16.4. The van der Waals surface area contributed by atoms with Crippen LogP contribution in [0.5, 0.6) is 0 Å². The molecule has 0 saturated heterocycles. The first-order chi connectivity index (χ1) is 13.8. The maximum absolute atomic E-state index is 12.3. The van der Waals surface area contributed by atoms with Crippen molar-refractivity contribution in [1.82, 2.24) is 0 Å². The van der Waals surface area contributed by atoms with Crippen LogP contribution in [0, 0.1) is 5.92 Å². The average molecular weight is 416 g/mol. The van der Waals surface area contributed by atoms with E-state index in [0.717, 1.165) is 16.7 Å². The summed E-state index contributed by atoms with van der Waals surface area (Å²) in [4.78, 5) is 17.6. The monoisotopic (exact) mass is 416 g/mol. The first kappa shape index (κ1) is 21.0. The molecule has 8 heteroatoms. The summed E-state index contributed by atoms with van der Waals surface area (Å²) < 4.78 is 28.4. The number of oxime groups is 1. The predicted molar refractivity (Wildman–Crippen MR) is 110 cm³/mol. The highest BCUT2D eigenvalue weighted by Gasteiger charge is 2.31. The summed E-state index contributed by atoms with van der Waals surface area (Å²) in [5.41, 5.74) is 2.62. The second kappa shape index (κ2) is 8.75. The van der Waals surface area contributed by atoms with E-state index in [2.05, 4.69) is 5.16 Å². The molecule has 2 aromatic rings. The fourth-order valence-corrected chi connectivity index (χ4v) is 3.73. The van der Waals surface area contributed by atoms with Crippen molar-refractivity contribution in [2.45, 2.75) is 37.5 Å². The summed E-state index contributed by atoms with van der Waals surface area (Å²) in [6, 6.07) is 14.0. The normalized spacial score (nSPS) is 16.4. The Kier molecular flexibility index (Phi) is 6.34. The minimum absolute atomic E-state index is 0.0596. The molecule has 154 valence electrons. The molecule has 0 radical (unpaired) electrons. The summed E-state index contributed by atoms with van der Waals surface area (Å²) in [6.07, 6.45) is 1.41. The molecule has 0 aliphatic carbocycles. The smallest absolute Gasteiger partial charge is 0.315 e. The lowest BCUT2D eigenvalue weighted by atomic mass is 9.95. The molecule has 7 nitrogen and oxygen atoms in total. The average Bonchev–Trinajstić information content (AvgIpc) is 3.16. The highest BCUT2D eigenvalue weighted by Crippen LogP contribution is 2.29. The number of carbonyl (C=O) groups is 1. The minimum atomic E-state index is -3.73. The number of nitrogens with two attached hydrogens (primary N) is 1. The van der Waals surface area contributed by atoms with E-state index < -0.39 is 10.0 Å². The molecule has 0 fully saturated rings. The molecular formula is C21H24N2O5S. The van der Waals surface area contributed by atoms with Gasteiger partial charge in [-0.05, 0) is 41.7 Å². The van der Waals surface area contributed by atoms with Crippen molar-refractivity contribution in [2.75, 3.05) is 6.61 Å². The molecule has 0 aromatic heterocycles. The van der Waals surface area contributed by atoms with Gasteiger partial charge in [0.15, 0.2) is 0 Å². The maximum Gasteiger partial charge on any atom is 0.315 e. The summed E-state index contributed by atoms with van der Waals surface area (Å²) in [7, 11) is -3.73. The number of nitrogens with zero attached hydrogens (tertiary/aromatic N) is 1. The number of carbonyl (C=O) groups excluding carboxylic acids is 1. The zero-order chi connectivity index (χ0) is 21.0. The number of primary sulfonamides is 1. The van der Waals surface area contributed by atoms with Gasteiger partial charge < -0.3 is 9.57 Å². The lowest BCUT2D eigenvalue weighted by molar-refractivity contribution is -0.140. The van der Waals surface area contributed by atoms with Gasteiger partial charge in [0.1, 0.15) is 12.5 Å². The van der Waals surface area contributed by atoms with E-state index in [1.54, 1.807) is 12.1 Å². The highest BCUT2D eigenvalue weighted by atomic mass is 32.2. The number of rotatable bonds is 6. The topological polar surface area (TPSA) is 108 Å². The Bertz CT molecular complexity index is 1010. The van der Waals surface area contributed by atoms with Crippen molar-refractivity contribution in [3.05, 3.63) is 54.1 Å². The molecule has 0 amide bonds. The Balaban J connectivity index is 1.82. The van der Waals surface area contributed by atoms with Gasteiger partial charge in [-0.2, -0.15) is 0 Å². The van der Waals surface area contributed by atoms with Crippen LogP contribution in [0.2, 0.25) is 0 Å². The molecule has 1 heterocycles. The third kappa shape index (κ3) is 4.83. The van der Waals surface area contributed by atoms with Crippen LogP contribution in [-0.4, -0.2) is 26.9 Å². The van der Waals surface area contributed by atoms with E-state index >= 15 is 0 Å². The standard InChI is InChI=1S/C21H24N2O5S/c1-3-14(4-2)21(24)28-20-19(13-27-23-20)17-7-5-6-16(12-17)15-8-10-18(11-9-15)29(22,25)26/h5-12,14,19H,3-4,13H2,1-2H3,(H2,22,25,26). The number of hydrogen-bond donors (Lipinski definition) is 1. The van der Waals surface area contributed by atoms with Crippen molar-refractivity contribution < 1.29 is 22.8 Å². The molecule has 2 aromatic carbocycles. The van der Waals surface area contributed by atoms with Gasteiger partial charge >= 0.3 is 5.97 Å². The van der Waals surface area contributed by atoms with Crippen LogP contribution >= 0.6 is 0 Å². The SMILES string of the molecule is CCC(CC)C(=O)OC1=NOCC1c1cccc(-c2ccc(S(N)(=O)=O)cc2)c1. The van der Waals surface area contributed by atoms with Gasteiger partial charge in [-0.15, -0.1) is 0 Å². The van der Waals surface area contributed by atoms with Crippen molar-refractivity contribution in [3.63, 3.8) is 0 Å². The molecule has 1 atom stereocenters. The molecule has 29 heavy (non-hydrogen) atoms.